The maximum absolute atomic E-state index is 5.61. The highest BCUT2D eigenvalue weighted by Crippen LogP contribution is 2.31. The zero-order valence-corrected chi connectivity index (χ0v) is 11.4. The van der Waals surface area contributed by atoms with Crippen molar-refractivity contribution in [2.45, 2.75) is 38.6 Å². The first-order valence-corrected chi connectivity index (χ1v) is 7.15. The Hall–Kier alpha value is -1.77. The average molecular weight is 256 g/mol. The van der Waals surface area contributed by atoms with Gasteiger partial charge in [0.1, 0.15) is 0 Å². The van der Waals surface area contributed by atoms with Crippen molar-refractivity contribution in [1.82, 2.24) is 4.98 Å². The van der Waals surface area contributed by atoms with Crippen LogP contribution in [0.3, 0.4) is 0 Å². The number of nitrogens with zero attached hydrogens (tertiary/aromatic N) is 1. The summed E-state index contributed by atoms with van der Waals surface area (Å²) >= 11 is 0. The molecule has 1 aromatic heterocycles. The molecule has 3 rings (SSSR count). The van der Waals surface area contributed by atoms with Crippen molar-refractivity contribution in [2.75, 3.05) is 11.9 Å². The molecule has 100 valence electrons. The van der Waals surface area contributed by atoms with Gasteiger partial charge in [0.25, 0.3) is 0 Å². The summed E-state index contributed by atoms with van der Waals surface area (Å²) in [6, 6.07) is 8.98. The first kappa shape index (κ1) is 12.3. The van der Waals surface area contributed by atoms with Gasteiger partial charge in [-0.15, -0.1) is 0 Å². The smallest absolute Gasteiger partial charge is 0.221 e. The van der Waals surface area contributed by atoms with Gasteiger partial charge in [0, 0.05) is 28.7 Å². The van der Waals surface area contributed by atoms with E-state index in [1.54, 1.807) is 0 Å². The van der Waals surface area contributed by atoms with E-state index in [1.165, 1.54) is 36.8 Å². The highest BCUT2D eigenvalue weighted by molar-refractivity contribution is 5.96. The molecular weight excluding hydrogens is 236 g/mol. The van der Waals surface area contributed by atoms with Crippen LogP contribution in [0.4, 0.5) is 5.69 Å². The molecule has 3 nitrogen and oxygen atoms in total. The van der Waals surface area contributed by atoms with Crippen LogP contribution in [0.15, 0.2) is 30.5 Å². The Morgan fingerprint density at radius 2 is 2.05 bits per heavy atom. The van der Waals surface area contributed by atoms with Crippen molar-refractivity contribution in [2.24, 2.45) is 0 Å². The van der Waals surface area contributed by atoms with Crippen molar-refractivity contribution < 1.29 is 4.74 Å². The Morgan fingerprint density at radius 3 is 2.84 bits per heavy atom. The summed E-state index contributed by atoms with van der Waals surface area (Å²) in [7, 11) is 0. The van der Waals surface area contributed by atoms with Crippen LogP contribution in [0, 0.1) is 0 Å². The molecule has 1 heterocycles. The number of nitrogens with one attached hydrogen (secondary N) is 1. The van der Waals surface area contributed by atoms with E-state index in [2.05, 4.69) is 34.6 Å². The minimum Gasteiger partial charge on any atom is -0.478 e. The first-order chi connectivity index (χ1) is 9.38. The first-order valence-electron chi connectivity index (χ1n) is 7.15. The van der Waals surface area contributed by atoms with Gasteiger partial charge >= 0.3 is 0 Å². The van der Waals surface area contributed by atoms with Crippen LogP contribution in [0.5, 0.6) is 5.88 Å². The molecule has 0 bridgehead atoms. The number of anilines is 1. The van der Waals surface area contributed by atoms with Gasteiger partial charge in [-0.05, 0) is 38.0 Å². The zero-order chi connectivity index (χ0) is 13.1. The lowest BCUT2D eigenvalue weighted by Crippen LogP contribution is -2.14. The normalized spacial score (nSPS) is 15.8. The van der Waals surface area contributed by atoms with Crippen LogP contribution in [0.25, 0.3) is 10.8 Å². The third kappa shape index (κ3) is 2.50. The lowest BCUT2D eigenvalue weighted by Gasteiger charge is -2.16. The lowest BCUT2D eigenvalue weighted by molar-refractivity contribution is 0.331. The molecule has 0 radical (unpaired) electrons. The van der Waals surface area contributed by atoms with E-state index in [9.17, 15) is 0 Å². The van der Waals surface area contributed by atoms with E-state index in [4.69, 9.17) is 4.74 Å². The summed E-state index contributed by atoms with van der Waals surface area (Å²) in [5, 5.41) is 5.96. The standard InChI is InChI=1S/C16H20N2O/c1-2-19-16-14-8-5-9-15(13(14)10-11-17-16)18-12-6-3-4-7-12/h5,8-12,18H,2-4,6-7H2,1H3. The molecule has 0 amide bonds. The number of rotatable bonds is 4. The lowest BCUT2D eigenvalue weighted by atomic mass is 10.1. The zero-order valence-electron chi connectivity index (χ0n) is 11.4. The largest absolute Gasteiger partial charge is 0.478 e. The Morgan fingerprint density at radius 1 is 1.21 bits per heavy atom. The summed E-state index contributed by atoms with van der Waals surface area (Å²) in [6.07, 6.45) is 7.06. The van der Waals surface area contributed by atoms with Crippen molar-refractivity contribution >= 4 is 16.5 Å². The Labute approximate surface area is 114 Å². The van der Waals surface area contributed by atoms with Crippen LogP contribution in [0.2, 0.25) is 0 Å². The van der Waals surface area contributed by atoms with Crippen LogP contribution in [0.1, 0.15) is 32.6 Å². The number of fused-ring (bicyclic) bond motifs is 1. The Balaban J connectivity index is 1.97. The van der Waals surface area contributed by atoms with Gasteiger partial charge < -0.3 is 10.1 Å². The average Bonchev–Trinajstić information content (AvgIpc) is 2.93. The molecule has 1 N–H and O–H groups in total. The van der Waals surface area contributed by atoms with Crippen LogP contribution < -0.4 is 10.1 Å². The summed E-state index contributed by atoms with van der Waals surface area (Å²) < 4.78 is 5.61. The van der Waals surface area contributed by atoms with Gasteiger partial charge in [-0.1, -0.05) is 18.9 Å². The number of pyridine rings is 1. The molecule has 1 aromatic carbocycles. The maximum Gasteiger partial charge on any atom is 0.221 e. The fraction of sp³-hybridized carbons (Fsp3) is 0.438. The van der Waals surface area contributed by atoms with Gasteiger partial charge in [-0.25, -0.2) is 4.98 Å². The molecule has 0 unspecified atom stereocenters. The van der Waals surface area contributed by atoms with E-state index in [0.717, 1.165) is 11.3 Å². The molecule has 0 saturated heterocycles. The van der Waals surface area contributed by atoms with E-state index in [0.29, 0.717) is 12.6 Å². The number of aromatic nitrogens is 1. The van der Waals surface area contributed by atoms with Gasteiger partial charge in [0.15, 0.2) is 0 Å². The maximum atomic E-state index is 5.61. The van der Waals surface area contributed by atoms with Gasteiger partial charge in [-0.3, -0.25) is 0 Å². The molecule has 0 atom stereocenters. The third-order valence-electron chi connectivity index (χ3n) is 3.77. The van der Waals surface area contributed by atoms with Gasteiger partial charge in [0.2, 0.25) is 5.88 Å². The third-order valence-corrected chi connectivity index (χ3v) is 3.77. The summed E-state index contributed by atoms with van der Waals surface area (Å²) in [5.41, 5.74) is 1.20. The number of benzene rings is 1. The SMILES string of the molecule is CCOc1nccc2c(NC3CCCC3)cccc12. The van der Waals surface area contributed by atoms with Gasteiger partial charge in [-0.2, -0.15) is 0 Å². The molecule has 1 aliphatic carbocycles. The summed E-state index contributed by atoms with van der Waals surface area (Å²) in [5.74, 6) is 0.732. The highest BCUT2D eigenvalue weighted by atomic mass is 16.5. The number of ether oxygens (including phenoxy) is 1. The predicted octanol–water partition coefficient (Wildman–Crippen LogP) is 3.99. The second-order valence-corrected chi connectivity index (χ2v) is 5.08. The minimum atomic E-state index is 0.620. The van der Waals surface area contributed by atoms with Crippen molar-refractivity contribution in [3.8, 4) is 5.88 Å². The van der Waals surface area contributed by atoms with Crippen molar-refractivity contribution in [3.05, 3.63) is 30.5 Å². The Kier molecular flexibility index (Phi) is 3.53. The highest BCUT2D eigenvalue weighted by Gasteiger charge is 2.16. The quantitative estimate of drug-likeness (QED) is 0.898. The number of hydrogen-bond acceptors (Lipinski definition) is 3. The predicted molar refractivity (Wildman–Crippen MR) is 78.8 cm³/mol. The molecule has 2 aromatic rings. The molecule has 3 heteroatoms. The molecule has 0 spiro atoms. The van der Waals surface area contributed by atoms with Crippen LogP contribution in [-0.2, 0) is 0 Å². The minimum absolute atomic E-state index is 0.620. The van der Waals surface area contributed by atoms with E-state index < -0.39 is 0 Å². The molecule has 1 fully saturated rings. The molecule has 19 heavy (non-hydrogen) atoms. The van der Waals surface area contributed by atoms with Gasteiger partial charge in [0.05, 0.1) is 6.61 Å². The monoisotopic (exact) mass is 256 g/mol. The van der Waals surface area contributed by atoms with Crippen LogP contribution >= 0.6 is 0 Å². The van der Waals surface area contributed by atoms with E-state index in [-0.39, 0.29) is 0 Å². The molecule has 1 aliphatic rings. The number of hydrogen-bond donors (Lipinski definition) is 1. The molecule has 1 saturated carbocycles. The second kappa shape index (κ2) is 5.47. The summed E-state index contributed by atoms with van der Waals surface area (Å²) in [4.78, 5) is 4.32. The fourth-order valence-corrected chi connectivity index (χ4v) is 2.85. The summed E-state index contributed by atoms with van der Waals surface area (Å²) in [6.45, 7) is 2.63. The van der Waals surface area contributed by atoms with Crippen molar-refractivity contribution in [1.29, 1.82) is 0 Å². The van der Waals surface area contributed by atoms with Crippen LogP contribution in [-0.4, -0.2) is 17.6 Å². The second-order valence-electron chi connectivity index (χ2n) is 5.08. The topological polar surface area (TPSA) is 34.1 Å². The molecular formula is C16H20N2O. The molecule has 0 aliphatic heterocycles. The Bertz CT molecular complexity index is 562. The fourth-order valence-electron chi connectivity index (χ4n) is 2.85. The van der Waals surface area contributed by atoms with E-state index >= 15 is 0 Å². The van der Waals surface area contributed by atoms with Crippen molar-refractivity contribution in [3.63, 3.8) is 0 Å². The van der Waals surface area contributed by atoms with E-state index in [1.807, 2.05) is 13.1 Å².